The number of aromatic nitrogens is 1. The summed E-state index contributed by atoms with van der Waals surface area (Å²) in [6.45, 7) is 7.20. The predicted molar refractivity (Wildman–Crippen MR) is 140 cm³/mol. The number of anilines is 2. The van der Waals surface area contributed by atoms with Crippen LogP contribution in [0.25, 0.3) is 5.57 Å². The molecule has 0 spiro atoms. The van der Waals surface area contributed by atoms with Crippen LogP contribution in [0.2, 0.25) is 0 Å². The van der Waals surface area contributed by atoms with Crippen LogP contribution >= 0.6 is 0 Å². The molecule has 1 aliphatic carbocycles. The van der Waals surface area contributed by atoms with Gasteiger partial charge in [-0.1, -0.05) is 29.8 Å². The normalized spacial score (nSPS) is 17.1. The molecule has 1 aliphatic heterocycles. The Morgan fingerprint density at radius 1 is 0.912 bits per heavy atom. The molecule has 5 heteroatoms. The van der Waals surface area contributed by atoms with E-state index in [9.17, 15) is 4.79 Å². The van der Waals surface area contributed by atoms with Crippen molar-refractivity contribution in [2.75, 3.05) is 36.4 Å². The molecule has 3 aromatic rings. The highest BCUT2D eigenvalue weighted by Gasteiger charge is 2.21. The molecule has 2 N–H and O–H groups in total. The summed E-state index contributed by atoms with van der Waals surface area (Å²) in [5.74, 6) is 0.0426. The summed E-state index contributed by atoms with van der Waals surface area (Å²) in [6, 6.07) is 21.1. The lowest BCUT2D eigenvalue weighted by atomic mass is 9.86. The van der Waals surface area contributed by atoms with Gasteiger partial charge < -0.3 is 15.2 Å². The number of aromatic amines is 1. The molecular weight excluding hydrogens is 420 g/mol. The third kappa shape index (κ3) is 5.26. The van der Waals surface area contributed by atoms with Crippen molar-refractivity contribution in [1.29, 1.82) is 0 Å². The molecule has 2 aromatic carbocycles. The smallest absolute Gasteiger partial charge is 0.251 e. The first-order valence-corrected chi connectivity index (χ1v) is 12.5. The average molecular weight is 455 g/mol. The lowest BCUT2D eigenvalue weighted by molar-refractivity contribution is -0.113. The monoisotopic (exact) mass is 454 g/mol. The van der Waals surface area contributed by atoms with Gasteiger partial charge in [-0.05, 0) is 80.1 Å². The first-order chi connectivity index (χ1) is 16.7. The number of benzene rings is 2. The molecular formula is C29H34N4O. The predicted octanol–water partition coefficient (Wildman–Crippen LogP) is 5.61. The summed E-state index contributed by atoms with van der Waals surface area (Å²) in [5.41, 5.74) is 7.92. The lowest BCUT2D eigenvalue weighted by Crippen LogP contribution is -2.46. The van der Waals surface area contributed by atoms with E-state index in [1.807, 2.05) is 18.3 Å². The number of carbonyl (C=O) groups excluding carboxylic acids is 1. The SMILES string of the molecule is Cc1ccc(C2=C(C(=O)Nc3ccc(N4CCN(Cc5ccc[nH]5)CC4)cc3)CCCC2)cc1. The van der Waals surface area contributed by atoms with Crippen molar-refractivity contribution in [2.24, 2.45) is 0 Å². The van der Waals surface area contributed by atoms with Gasteiger partial charge in [-0.3, -0.25) is 9.69 Å². The fraction of sp³-hybridized carbons (Fsp3) is 0.345. The Morgan fingerprint density at radius 2 is 1.65 bits per heavy atom. The molecule has 0 unspecified atom stereocenters. The molecule has 0 saturated carbocycles. The number of aryl methyl sites for hydroxylation is 1. The molecule has 1 saturated heterocycles. The van der Waals surface area contributed by atoms with Crippen molar-refractivity contribution >= 4 is 22.9 Å². The Balaban J connectivity index is 1.21. The number of piperazine rings is 1. The molecule has 1 aromatic heterocycles. The number of hydrogen-bond donors (Lipinski definition) is 2. The Labute approximate surface area is 202 Å². The van der Waals surface area contributed by atoms with Gasteiger partial charge in [0.15, 0.2) is 0 Å². The number of nitrogens with one attached hydrogen (secondary N) is 2. The molecule has 2 heterocycles. The van der Waals surface area contributed by atoms with Crippen molar-refractivity contribution in [2.45, 2.75) is 39.2 Å². The number of amides is 1. The summed E-state index contributed by atoms with van der Waals surface area (Å²) in [7, 11) is 0. The van der Waals surface area contributed by atoms with E-state index < -0.39 is 0 Å². The zero-order chi connectivity index (χ0) is 23.3. The summed E-state index contributed by atoms with van der Waals surface area (Å²) in [4.78, 5) is 21.4. The van der Waals surface area contributed by atoms with Gasteiger partial charge in [0.05, 0.1) is 0 Å². The Morgan fingerprint density at radius 3 is 2.35 bits per heavy atom. The molecule has 1 amide bonds. The summed E-state index contributed by atoms with van der Waals surface area (Å²) < 4.78 is 0. The number of hydrogen-bond acceptors (Lipinski definition) is 3. The van der Waals surface area contributed by atoms with E-state index in [0.717, 1.165) is 69.7 Å². The maximum Gasteiger partial charge on any atom is 0.251 e. The van der Waals surface area contributed by atoms with E-state index in [1.54, 1.807) is 0 Å². The molecule has 5 nitrogen and oxygen atoms in total. The number of H-pyrrole nitrogens is 1. The molecule has 0 atom stereocenters. The Bertz CT molecular complexity index is 1120. The summed E-state index contributed by atoms with van der Waals surface area (Å²) >= 11 is 0. The van der Waals surface area contributed by atoms with Gasteiger partial charge in [-0.15, -0.1) is 0 Å². The first-order valence-electron chi connectivity index (χ1n) is 12.5. The van der Waals surface area contributed by atoms with Crippen LogP contribution in [-0.2, 0) is 11.3 Å². The molecule has 34 heavy (non-hydrogen) atoms. The standard InChI is InChI=1S/C29H34N4O/c1-22-8-10-23(11-9-22)27-6-2-3-7-28(27)29(34)31-24-12-14-26(15-13-24)33-19-17-32(18-20-33)21-25-5-4-16-30-25/h4-5,8-16,30H,2-3,6-7,17-21H2,1H3,(H,31,34). The summed E-state index contributed by atoms with van der Waals surface area (Å²) in [5, 5.41) is 3.16. The largest absolute Gasteiger partial charge is 0.369 e. The van der Waals surface area contributed by atoms with Gasteiger partial charge in [0.1, 0.15) is 0 Å². The van der Waals surface area contributed by atoms with Crippen LogP contribution < -0.4 is 10.2 Å². The van der Waals surface area contributed by atoms with Crippen LogP contribution in [0.5, 0.6) is 0 Å². The first kappa shape index (κ1) is 22.5. The van der Waals surface area contributed by atoms with Gasteiger partial charge in [0, 0.05) is 61.6 Å². The van der Waals surface area contributed by atoms with E-state index in [1.165, 1.54) is 28.1 Å². The third-order valence-corrected chi connectivity index (χ3v) is 7.06. The number of allylic oxidation sites excluding steroid dienone is 1. The van der Waals surface area contributed by atoms with Crippen molar-refractivity contribution in [1.82, 2.24) is 9.88 Å². The highest BCUT2D eigenvalue weighted by Crippen LogP contribution is 2.33. The van der Waals surface area contributed by atoms with Crippen LogP contribution in [-0.4, -0.2) is 42.0 Å². The quantitative estimate of drug-likeness (QED) is 0.509. The van der Waals surface area contributed by atoms with E-state index in [0.29, 0.717) is 0 Å². The van der Waals surface area contributed by atoms with Gasteiger partial charge in [-0.25, -0.2) is 0 Å². The van der Waals surface area contributed by atoms with Crippen molar-refractivity contribution in [3.63, 3.8) is 0 Å². The molecule has 2 aliphatic rings. The minimum atomic E-state index is 0.0426. The Hall–Kier alpha value is -3.31. The van der Waals surface area contributed by atoms with E-state index in [-0.39, 0.29) is 5.91 Å². The van der Waals surface area contributed by atoms with E-state index in [2.05, 4.69) is 75.6 Å². The van der Waals surface area contributed by atoms with Crippen LogP contribution in [0.4, 0.5) is 11.4 Å². The van der Waals surface area contributed by atoms with Gasteiger partial charge in [0.2, 0.25) is 0 Å². The van der Waals surface area contributed by atoms with Crippen LogP contribution in [0.3, 0.4) is 0 Å². The van der Waals surface area contributed by atoms with Crippen molar-refractivity contribution < 1.29 is 4.79 Å². The molecule has 5 rings (SSSR count). The molecule has 176 valence electrons. The second-order valence-corrected chi connectivity index (χ2v) is 9.49. The zero-order valence-electron chi connectivity index (χ0n) is 20.0. The fourth-order valence-electron chi connectivity index (χ4n) is 5.06. The molecule has 1 fully saturated rings. The minimum Gasteiger partial charge on any atom is -0.369 e. The van der Waals surface area contributed by atoms with Gasteiger partial charge >= 0.3 is 0 Å². The second-order valence-electron chi connectivity index (χ2n) is 9.49. The van der Waals surface area contributed by atoms with Crippen molar-refractivity contribution in [3.05, 3.63) is 89.3 Å². The number of carbonyl (C=O) groups is 1. The van der Waals surface area contributed by atoms with Gasteiger partial charge in [-0.2, -0.15) is 0 Å². The van der Waals surface area contributed by atoms with E-state index >= 15 is 0 Å². The topological polar surface area (TPSA) is 51.4 Å². The maximum atomic E-state index is 13.2. The van der Waals surface area contributed by atoms with Gasteiger partial charge in [0.25, 0.3) is 5.91 Å². The zero-order valence-corrected chi connectivity index (χ0v) is 20.0. The highest BCUT2D eigenvalue weighted by atomic mass is 16.1. The highest BCUT2D eigenvalue weighted by molar-refractivity contribution is 6.09. The average Bonchev–Trinajstić information content (AvgIpc) is 3.39. The Kier molecular flexibility index (Phi) is 6.82. The lowest BCUT2D eigenvalue weighted by Gasteiger charge is -2.36. The second kappa shape index (κ2) is 10.3. The van der Waals surface area contributed by atoms with Crippen LogP contribution in [0.1, 0.15) is 42.5 Å². The number of rotatable bonds is 6. The number of nitrogens with zero attached hydrogens (tertiary/aromatic N) is 2. The van der Waals surface area contributed by atoms with Crippen LogP contribution in [0.15, 0.2) is 72.4 Å². The fourth-order valence-corrected chi connectivity index (χ4v) is 5.06. The molecule has 0 bridgehead atoms. The third-order valence-electron chi connectivity index (χ3n) is 7.06. The molecule has 0 radical (unpaired) electrons. The summed E-state index contributed by atoms with van der Waals surface area (Å²) in [6.07, 6.45) is 6.03. The minimum absolute atomic E-state index is 0.0426. The maximum absolute atomic E-state index is 13.2. The van der Waals surface area contributed by atoms with Crippen LogP contribution in [0, 0.1) is 6.92 Å². The van der Waals surface area contributed by atoms with Crippen molar-refractivity contribution in [3.8, 4) is 0 Å². The van der Waals surface area contributed by atoms with E-state index in [4.69, 9.17) is 0 Å².